The van der Waals surface area contributed by atoms with E-state index >= 15 is 0 Å². The predicted molar refractivity (Wildman–Crippen MR) is 98.6 cm³/mol. The molecule has 1 amide bonds. The minimum atomic E-state index is -0.576. The molecule has 0 bridgehead atoms. The summed E-state index contributed by atoms with van der Waals surface area (Å²) in [5.41, 5.74) is 2.42. The van der Waals surface area contributed by atoms with E-state index < -0.39 is 11.9 Å². The van der Waals surface area contributed by atoms with Crippen LogP contribution in [0.15, 0.2) is 53.1 Å². The van der Waals surface area contributed by atoms with Crippen LogP contribution in [0, 0.1) is 13.8 Å². The number of hydrogen-bond acceptors (Lipinski definition) is 5. The molecule has 7 heteroatoms. The molecular weight excluding hydrogens is 346 g/mol. The molecule has 0 spiro atoms. The van der Waals surface area contributed by atoms with E-state index in [0.717, 1.165) is 5.69 Å². The van der Waals surface area contributed by atoms with Crippen molar-refractivity contribution in [3.05, 3.63) is 71.4 Å². The number of amides is 1. The molecule has 0 aliphatic rings. The van der Waals surface area contributed by atoms with Crippen LogP contribution in [0.1, 0.15) is 40.5 Å². The summed E-state index contributed by atoms with van der Waals surface area (Å²) in [6.45, 7) is 4.95. The summed E-state index contributed by atoms with van der Waals surface area (Å²) < 4.78 is 12.1. The molecule has 0 radical (unpaired) electrons. The number of aromatic nitrogens is 2. The smallest absolute Gasteiger partial charge is 0.342 e. The van der Waals surface area contributed by atoms with E-state index in [4.69, 9.17) is 9.15 Å². The lowest BCUT2D eigenvalue weighted by molar-refractivity contribution is -0.125. The first-order chi connectivity index (χ1) is 13.0. The van der Waals surface area contributed by atoms with Crippen LogP contribution in [0.2, 0.25) is 0 Å². The molecule has 0 saturated carbocycles. The van der Waals surface area contributed by atoms with Gasteiger partial charge in [-0.25, -0.2) is 9.48 Å². The number of carbonyl (C=O) groups is 2. The average Bonchev–Trinajstić information content (AvgIpc) is 3.29. The van der Waals surface area contributed by atoms with Gasteiger partial charge in [-0.3, -0.25) is 4.79 Å². The fourth-order valence-corrected chi connectivity index (χ4v) is 2.85. The third-order valence-corrected chi connectivity index (χ3v) is 4.18. The van der Waals surface area contributed by atoms with Crippen molar-refractivity contribution in [3.8, 4) is 5.69 Å². The molecule has 0 aliphatic heterocycles. The van der Waals surface area contributed by atoms with Gasteiger partial charge in [0.25, 0.3) is 5.91 Å². The number of para-hydroxylation sites is 1. The van der Waals surface area contributed by atoms with Crippen LogP contribution in [-0.2, 0) is 9.53 Å². The lowest BCUT2D eigenvalue weighted by Crippen LogP contribution is -2.31. The highest BCUT2D eigenvalue weighted by Gasteiger charge is 2.22. The number of ether oxygens (including phenoxy) is 1. The summed E-state index contributed by atoms with van der Waals surface area (Å²) in [6.07, 6.45) is 1.54. The number of nitrogens with one attached hydrogen (secondary N) is 1. The van der Waals surface area contributed by atoms with Crippen LogP contribution < -0.4 is 5.32 Å². The topological polar surface area (TPSA) is 86.4 Å². The molecule has 140 valence electrons. The van der Waals surface area contributed by atoms with E-state index in [1.165, 1.54) is 6.26 Å². The van der Waals surface area contributed by atoms with Gasteiger partial charge in [-0.2, -0.15) is 5.10 Å². The van der Waals surface area contributed by atoms with Crippen molar-refractivity contribution < 1.29 is 18.7 Å². The van der Waals surface area contributed by atoms with Crippen LogP contribution >= 0.6 is 0 Å². The molecule has 27 heavy (non-hydrogen) atoms. The second kappa shape index (κ2) is 7.90. The van der Waals surface area contributed by atoms with Gasteiger partial charge in [-0.1, -0.05) is 18.2 Å². The molecule has 7 nitrogen and oxygen atoms in total. The van der Waals surface area contributed by atoms with E-state index in [9.17, 15) is 9.59 Å². The minimum Gasteiger partial charge on any atom is -0.467 e. The van der Waals surface area contributed by atoms with Gasteiger partial charge >= 0.3 is 5.97 Å². The van der Waals surface area contributed by atoms with Crippen LogP contribution in [0.3, 0.4) is 0 Å². The normalized spacial score (nSPS) is 11.8. The molecule has 1 aromatic carbocycles. The van der Waals surface area contributed by atoms with Crippen molar-refractivity contribution in [3.63, 3.8) is 0 Å². The largest absolute Gasteiger partial charge is 0.467 e. The van der Waals surface area contributed by atoms with Crippen molar-refractivity contribution in [1.82, 2.24) is 15.1 Å². The highest BCUT2D eigenvalue weighted by molar-refractivity contribution is 5.93. The van der Waals surface area contributed by atoms with E-state index in [2.05, 4.69) is 10.4 Å². The Morgan fingerprint density at radius 2 is 1.93 bits per heavy atom. The summed E-state index contributed by atoms with van der Waals surface area (Å²) in [5.74, 6) is -0.350. The maximum atomic E-state index is 12.5. The lowest BCUT2D eigenvalue weighted by atomic mass is 10.2. The van der Waals surface area contributed by atoms with Gasteiger partial charge in [0.15, 0.2) is 6.61 Å². The molecule has 0 fully saturated rings. The fourth-order valence-electron chi connectivity index (χ4n) is 2.85. The summed E-state index contributed by atoms with van der Waals surface area (Å²) in [7, 11) is 0. The van der Waals surface area contributed by atoms with Crippen LogP contribution in [-0.4, -0.2) is 28.3 Å². The Morgan fingerprint density at radius 3 is 2.59 bits per heavy atom. The molecule has 0 saturated heterocycles. The number of aryl methyl sites for hydroxylation is 1. The van der Waals surface area contributed by atoms with Crippen molar-refractivity contribution >= 4 is 11.9 Å². The highest BCUT2D eigenvalue weighted by atomic mass is 16.5. The Morgan fingerprint density at radius 1 is 1.19 bits per heavy atom. The molecule has 3 rings (SSSR count). The number of benzene rings is 1. The first kappa shape index (κ1) is 18.4. The quantitative estimate of drug-likeness (QED) is 0.677. The van der Waals surface area contributed by atoms with Gasteiger partial charge in [0.05, 0.1) is 29.4 Å². The van der Waals surface area contributed by atoms with Crippen LogP contribution in [0.25, 0.3) is 5.69 Å². The van der Waals surface area contributed by atoms with Gasteiger partial charge in [-0.05, 0) is 45.0 Å². The first-order valence-corrected chi connectivity index (χ1v) is 8.59. The van der Waals surface area contributed by atoms with E-state index in [1.54, 1.807) is 37.6 Å². The number of carbonyl (C=O) groups excluding carboxylic acids is 2. The Labute approximate surface area is 156 Å². The molecule has 2 aromatic heterocycles. The number of nitrogens with zero attached hydrogens (tertiary/aromatic N) is 2. The molecule has 1 N–H and O–H groups in total. The van der Waals surface area contributed by atoms with E-state index in [0.29, 0.717) is 22.7 Å². The maximum Gasteiger partial charge on any atom is 0.342 e. The van der Waals surface area contributed by atoms with Gasteiger partial charge in [0, 0.05) is 0 Å². The Balaban J connectivity index is 1.65. The second-order valence-corrected chi connectivity index (χ2v) is 6.17. The number of rotatable bonds is 6. The predicted octanol–water partition coefficient (Wildman–Crippen LogP) is 3.12. The summed E-state index contributed by atoms with van der Waals surface area (Å²) in [6, 6.07) is 12.7. The van der Waals surface area contributed by atoms with Crippen LogP contribution in [0.5, 0.6) is 0 Å². The summed E-state index contributed by atoms with van der Waals surface area (Å²) >= 11 is 0. The summed E-state index contributed by atoms with van der Waals surface area (Å²) in [4.78, 5) is 24.5. The Hall–Kier alpha value is -3.35. The van der Waals surface area contributed by atoms with Crippen molar-refractivity contribution in [1.29, 1.82) is 0 Å². The lowest BCUT2D eigenvalue weighted by Gasteiger charge is -2.11. The van der Waals surface area contributed by atoms with E-state index in [1.807, 2.05) is 30.3 Å². The van der Waals surface area contributed by atoms with Gasteiger partial charge in [0.1, 0.15) is 11.3 Å². The van der Waals surface area contributed by atoms with Crippen molar-refractivity contribution in [2.24, 2.45) is 0 Å². The fraction of sp³-hybridized carbons (Fsp3) is 0.250. The van der Waals surface area contributed by atoms with E-state index in [-0.39, 0.29) is 12.6 Å². The minimum absolute atomic E-state index is 0.310. The number of furan rings is 1. The molecular formula is C20H21N3O4. The van der Waals surface area contributed by atoms with Crippen LogP contribution in [0.4, 0.5) is 0 Å². The zero-order valence-corrected chi connectivity index (χ0v) is 15.4. The molecule has 0 unspecified atom stereocenters. The van der Waals surface area contributed by atoms with Crippen molar-refractivity contribution in [2.75, 3.05) is 6.61 Å². The molecule has 3 aromatic rings. The third-order valence-electron chi connectivity index (χ3n) is 4.18. The second-order valence-electron chi connectivity index (χ2n) is 6.17. The molecule has 2 heterocycles. The third kappa shape index (κ3) is 4.08. The number of hydrogen-bond donors (Lipinski definition) is 1. The zero-order chi connectivity index (χ0) is 19.4. The van der Waals surface area contributed by atoms with Gasteiger partial charge < -0.3 is 14.5 Å². The van der Waals surface area contributed by atoms with Gasteiger partial charge in [0.2, 0.25) is 0 Å². The standard InChI is InChI=1S/C20H21N3O4/c1-13(17-10-7-11-26-17)21-18(24)12-27-20(25)19-14(2)22-23(15(19)3)16-8-5-4-6-9-16/h4-11,13H,12H2,1-3H3,(H,21,24)/t13-/m0/s1. The maximum absolute atomic E-state index is 12.5. The molecule has 0 aliphatic carbocycles. The monoisotopic (exact) mass is 367 g/mol. The first-order valence-electron chi connectivity index (χ1n) is 8.59. The number of esters is 1. The van der Waals surface area contributed by atoms with Crippen molar-refractivity contribution in [2.45, 2.75) is 26.8 Å². The Bertz CT molecular complexity index is 930. The molecule has 1 atom stereocenters. The SMILES string of the molecule is Cc1nn(-c2ccccc2)c(C)c1C(=O)OCC(=O)N[C@@H](C)c1ccco1. The van der Waals surface area contributed by atoms with Gasteiger partial charge in [-0.15, -0.1) is 0 Å². The highest BCUT2D eigenvalue weighted by Crippen LogP contribution is 2.19. The Kier molecular flexibility index (Phi) is 5.40. The zero-order valence-electron chi connectivity index (χ0n) is 15.4. The average molecular weight is 367 g/mol. The summed E-state index contributed by atoms with van der Waals surface area (Å²) in [5, 5.41) is 7.13.